The number of nitrogens with two attached hydrogens (primary N) is 1. The largest absolute Gasteiger partial charge is 0.370 e. The number of hydrogen-bond donors (Lipinski definition) is 1. The summed E-state index contributed by atoms with van der Waals surface area (Å²) in [7, 11) is 0. The lowest BCUT2D eigenvalue weighted by Crippen LogP contribution is -2.41. The minimum atomic E-state index is -0.535. The lowest BCUT2D eigenvalue weighted by molar-refractivity contribution is -0.384. The number of anilines is 1. The minimum Gasteiger partial charge on any atom is -0.370 e. The number of hydrogen-bond acceptors (Lipinski definition) is 5. The number of nitrogens with zero attached hydrogens (tertiary/aromatic N) is 3. The van der Waals surface area contributed by atoms with E-state index < -0.39 is 4.92 Å². The Hall–Kier alpha value is -2.62. The average molecular weight is 274 g/mol. The van der Waals surface area contributed by atoms with Gasteiger partial charge in [0.15, 0.2) is 0 Å². The van der Waals surface area contributed by atoms with Gasteiger partial charge in [0.1, 0.15) is 6.07 Å². The van der Waals surface area contributed by atoms with Gasteiger partial charge in [0.25, 0.3) is 5.69 Å². The van der Waals surface area contributed by atoms with Crippen LogP contribution in [0.3, 0.4) is 0 Å². The Balaban J connectivity index is 2.30. The van der Waals surface area contributed by atoms with Crippen molar-refractivity contribution in [2.75, 3.05) is 18.0 Å². The zero-order valence-corrected chi connectivity index (χ0v) is 10.8. The molecule has 0 unspecified atom stereocenters. The van der Waals surface area contributed by atoms with E-state index in [1.807, 2.05) is 11.0 Å². The van der Waals surface area contributed by atoms with Gasteiger partial charge in [0.2, 0.25) is 5.91 Å². The third-order valence-corrected chi connectivity index (χ3v) is 3.48. The fraction of sp³-hybridized carbons (Fsp3) is 0.385. The van der Waals surface area contributed by atoms with Gasteiger partial charge >= 0.3 is 0 Å². The topological polar surface area (TPSA) is 113 Å². The molecule has 2 rings (SSSR count). The first-order valence-corrected chi connectivity index (χ1v) is 6.25. The second kappa shape index (κ2) is 5.57. The van der Waals surface area contributed by atoms with Crippen LogP contribution in [0.2, 0.25) is 0 Å². The molecule has 1 aromatic carbocycles. The van der Waals surface area contributed by atoms with E-state index in [0.29, 0.717) is 18.8 Å². The summed E-state index contributed by atoms with van der Waals surface area (Å²) in [6.07, 6.45) is 1.54. The second-order valence-corrected chi connectivity index (χ2v) is 4.76. The highest BCUT2D eigenvalue weighted by Gasteiger charge is 2.26. The Morgan fingerprint density at radius 3 is 2.90 bits per heavy atom. The maximum absolute atomic E-state index is 11.3. The maximum atomic E-state index is 11.3. The van der Waals surface area contributed by atoms with E-state index in [0.717, 1.165) is 12.8 Å². The first-order valence-electron chi connectivity index (χ1n) is 6.25. The third-order valence-electron chi connectivity index (χ3n) is 3.48. The van der Waals surface area contributed by atoms with Crippen LogP contribution in [0.4, 0.5) is 11.4 Å². The minimum absolute atomic E-state index is 0.117. The predicted molar refractivity (Wildman–Crippen MR) is 71.9 cm³/mol. The number of nitriles is 1. The van der Waals surface area contributed by atoms with E-state index in [1.54, 1.807) is 6.07 Å². The molecular weight excluding hydrogens is 260 g/mol. The molecule has 1 aliphatic rings. The number of piperidine rings is 1. The Morgan fingerprint density at radius 2 is 2.30 bits per heavy atom. The molecule has 0 bridgehead atoms. The van der Waals surface area contributed by atoms with Crippen molar-refractivity contribution in [3.8, 4) is 6.07 Å². The fourth-order valence-corrected chi connectivity index (χ4v) is 2.43. The molecule has 7 nitrogen and oxygen atoms in total. The van der Waals surface area contributed by atoms with Gasteiger partial charge in [-0.05, 0) is 18.9 Å². The Labute approximate surface area is 115 Å². The van der Waals surface area contributed by atoms with Crippen molar-refractivity contribution in [3.05, 3.63) is 33.9 Å². The van der Waals surface area contributed by atoms with Gasteiger partial charge < -0.3 is 10.6 Å². The zero-order chi connectivity index (χ0) is 14.7. The van der Waals surface area contributed by atoms with Gasteiger partial charge in [-0.25, -0.2) is 0 Å². The molecule has 2 N–H and O–H groups in total. The van der Waals surface area contributed by atoms with Crippen molar-refractivity contribution in [2.24, 2.45) is 11.7 Å². The van der Waals surface area contributed by atoms with E-state index in [4.69, 9.17) is 11.0 Å². The van der Waals surface area contributed by atoms with Gasteiger partial charge in [-0.3, -0.25) is 14.9 Å². The van der Waals surface area contributed by atoms with E-state index in [2.05, 4.69) is 0 Å². The average Bonchev–Trinajstić information content (AvgIpc) is 2.46. The Bertz CT molecular complexity index is 594. The smallest absolute Gasteiger partial charge is 0.270 e. The number of non-ortho nitro benzene ring substituents is 1. The highest BCUT2D eigenvalue weighted by atomic mass is 16.6. The molecule has 1 amide bonds. The van der Waals surface area contributed by atoms with E-state index in [1.165, 1.54) is 12.1 Å². The van der Waals surface area contributed by atoms with Crippen LogP contribution in [0.5, 0.6) is 0 Å². The summed E-state index contributed by atoms with van der Waals surface area (Å²) in [5.41, 5.74) is 6.06. The van der Waals surface area contributed by atoms with Crippen LogP contribution in [0.15, 0.2) is 18.2 Å². The summed E-state index contributed by atoms with van der Waals surface area (Å²) in [6, 6.07) is 6.14. The Kier molecular flexibility index (Phi) is 3.84. The molecule has 0 aromatic heterocycles. The van der Waals surface area contributed by atoms with Crippen molar-refractivity contribution in [2.45, 2.75) is 12.8 Å². The molecule has 0 saturated carbocycles. The summed E-state index contributed by atoms with van der Waals surface area (Å²) in [4.78, 5) is 23.3. The fourth-order valence-electron chi connectivity index (χ4n) is 2.43. The standard InChI is InChI=1S/C13H14N4O3/c14-7-10-6-11(17(19)20)3-4-12(10)16-5-1-2-9(8-16)13(15)18/h3-4,6,9H,1-2,5,8H2,(H2,15,18)/t9-/m0/s1. The van der Waals surface area contributed by atoms with Crippen molar-refractivity contribution >= 4 is 17.3 Å². The number of benzene rings is 1. The monoisotopic (exact) mass is 274 g/mol. The van der Waals surface area contributed by atoms with Gasteiger partial charge in [-0.1, -0.05) is 0 Å². The normalized spacial score (nSPS) is 18.4. The number of carbonyl (C=O) groups is 1. The van der Waals surface area contributed by atoms with Crippen LogP contribution in [-0.2, 0) is 4.79 Å². The molecule has 0 aliphatic carbocycles. The van der Waals surface area contributed by atoms with Crippen molar-refractivity contribution in [1.29, 1.82) is 5.26 Å². The molecule has 1 saturated heterocycles. The first kappa shape index (κ1) is 13.8. The number of nitro groups is 1. The van der Waals surface area contributed by atoms with Gasteiger partial charge in [-0.15, -0.1) is 0 Å². The molecule has 1 aromatic rings. The molecule has 20 heavy (non-hydrogen) atoms. The van der Waals surface area contributed by atoms with E-state index in [-0.39, 0.29) is 23.1 Å². The summed E-state index contributed by atoms with van der Waals surface area (Å²) in [6.45, 7) is 1.15. The van der Waals surface area contributed by atoms with Crippen molar-refractivity contribution < 1.29 is 9.72 Å². The molecule has 0 radical (unpaired) electrons. The summed E-state index contributed by atoms with van der Waals surface area (Å²) in [5.74, 6) is -0.597. The third kappa shape index (κ3) is 2.69. The number of primary amides is 1. The molecular formula is C13H14N4O3. The molecule has 1 aliphatic heterocycles. The predicted octanol–water partition coefficient (Wildman–Crippen LogP) is 1.17. The Morgan fingerprint density at radius 1 is 1.55 bits per heavy atom. The SMILES string of the molecule is N#Cc1cc([N+](=O)[O-])ccc1N1CCC[C@H](C(N)=O)C1. The van der Waals surface area contributed by atoms with Crippen LogP contribution in [0.25, 0.3) is 0 Å². The van der Waals surface area contributed by atoms with Crippen molar-refractivity contribution in [3.63, 3.8) is 0 Å². The second-order valence-electron chi connectivity index (χ2n) is 4.76. The molecule has 1 atom stereocenters. The van der Waals surface area contributed by atoms with Gasteiger partial charge in [0, 0.05) is 25.2 Å². The van der Waals surface area contributed by atoms with Gasteiger partial charge in [0.05, 0.1) is 22.1 Å². The number of nitro benzene ring substituents is 1. The number of amides is 1. The molecule has 104 valence electrons. The van der Waals surface area contributed by atoms with Crippen LogP contribution >= 0.6 is 0 Å². The van der Waals surface area contributed by atoms with Crippen LogP contribution in [-0.4, -0.2) is 23.9 Å². The summed E-state index contributed by atoms with van der Waals surface area (Å²) in [5, 5.41) is 19.9. The van der Waals surface area contributed by atoms with Crippen LogP contribution < -0.4 is 10.6 Å². The highest BCUT2D eigenvalue weighted by molar-refractivity contribution is 5.78. The lowest BCUT2D eigenvalue weighted by Gasteiger charge is -2.33. The van der Waals surface area contributed by atoms with E-state index in [9.17, 15) is 14.9 Å². The lowest BCUT2D eigenvalue weighted by atomic mass is 9.96. The summed E-state index contributed by atoms with van der Waals surface area (Å²) >= 11 is 0. The highest BCUT2D eigenvalue weighted by Crippen LogP contribution is 2.28. The zero-order valence-electron chi connectivity index (χ0n) is 10.8. The van der Waals surface area contributed by atoms with Crippen LogP contribution in [0.1, 0.15) is 18.4 Å². The summed E-state index contributed by atoms with van der Waals surface area (Å²) < 4.78 is 0. The van der Waals surface area contributed by atoms with Gasteiger partial charge in [-0.2, -0.15) is 5.26 Å². The van der Waals surface area contributed by atoms with Crippen molar-refractivity contribution in [1.82, 2.24) is 0 Å². The van der Waals surface area contributed by atoms with Crippen LogP contribution in [0, 0.1) is 27.4 Å². The molecule has 0 spiro atoms. The molecule has 1 fully saturated rings. The number of carbonyl (C=O) groups excluding carboxylic acids is 1. The quantitative estimate of drug-likeness (QED) is 0.656. The molecule has 1 heterocycles. The maximum Gasteiger partial charge on any atom is 0.270 e. The number of rotatable bonds is 3. The molecule has 7 heteroatoms. The first-order chi connectivity index (χ1) is 9.52. The van der Waals surface area contributed by atoms with E-state index >= 15 is 0 Å².